The molecule has 43 heavy (non-hydrogen) atoms. The minimum Gasteiger partial charge on any atom is -0.497 e. The molecule has 0 radical (unpaired) electrons. The Bertz CT molecular complexity index is 1250. The summed E-state index contributed by atoms with van der Waals surface area (Å²) in [5.74, 6) is -0.197. The van der Waals surface area contributed by atoms with Gasteiger partial charge in [0.15, 0.2) is 0 Å². The topological polar surface area (TPSA) is 134 Å². The average Bonchev–Trinajstić information content (AvgIpc) is 2.96. The summed E-state index contributed by atoms with van der Waals surface area (Å²) in [6, 6.07) is 13.7. The molecule has 2 aromatic carbocycles. The van der Waals surface area contributed by atoms with Crippen LogP contribution in [0.15, 0.2) is 59.5 Å². The van der Waals surface area contributed by atoms with Crippen molar-refractivity contribution in [1.29, 1.82) is 0 Å². The first-order valence-electron chi connectivity index (χ1n) is 14.9. The Balaban J connectivity index is 2.37. The summed E-state index contributed by atoms with van der Waals surface area (Å²) in [7, 11) is -2.46. The molecule has 240 valence electrons. The fourth-order valence-electron chi connectivity index (χ4n) is 4.44. The maximum Gasteiger partial charge on any atom is 0.408 e. The molecule has 4 atom stereocenters. The third-order valence-corrected chi connectivity index (χ3v) is 8.99. The number of benzene rings is 2. The van der Waals surface area contributed by atoms with Gasteiger partial charge in [-0.3, -0.25) is 4.79 Å². The Morgan fingerprint density at radius 2 is 1.63 bits per heavy atom. The van der Waals surface area contributed by atoms with Gasteiger partial charge in [-0.05, 0) is 69.4 Å². The quantitative estimate of drug-likeness (QED) is 0.252. The van der Waals surface area contributed by atoms with Crippen LogP contribution in [0.3, 0.4) is 0 Å². The van der Waals surface area contributed by atoms with Gasteiger partial charge in [-0.2, -0.15) is 4.31 Å². The van der Waals surface area contributed by atoms with E-state index in [1.807, 2.05) is 51.1 Å². The molecule has 0 fully saturated rings. The van der Waals surface area contributed by atoms with Crippen LogP contribution in [0, 0.1) is 5.92 Å². The lowest BCUT2D eigenvalue weighted by Gasteiger charge is -2.32. The van der Waals surface area contributed by atoms with Crippen molar-refractivity contribution in [2.24, 2.45) is 5.92 Å². The summed E-state index contributed by atoms with van der Waals surface area (Å²) in [6.07, 6.45) is 0.218. The molecule has 0 spiro atoms. The maximum absolute atomic E-state index is 13.7. The molecule has 10 nitrogen and oxygen atoms in total. The number of aliphatic hydroxyl groups excluding tert-OH is 1. The number of rotatable bonds is 16. The van der Waals surface area contributed by atoms with Crippen molar-refractivity contribution in [3.63, 3.8) is 0 Å². The van der Waals surface area contributed by atoms with Crippen molar-refractivity contribution >= 4 is 22.0 Å². The van der Waals surface area contributed by atoms with Gasteiger partial charge >= 0.3 is 6.09 Å². The first-order valence-corrected chi connectivity index (χ1v) is 16.3. The standard InChI is InChI=1S/C32H49N3O7S/c1-8-10-20-35(43(39,40)26-18-16-25(41-7)17-19-26)22-28(36)27(21-24-14-12-11-13-15-24)33-30(37)29(23(3)9-2)34-31(38)42-32(4,5)6/h11-19,23,27-29,36H,8-10,20-22H2,1-7H3,(H,33,37)(H,34,38)/t23-,27?,28+,29-/m0/s1. The molecule has 0 saturated carbocycles. The van der Waals surface area contributed by atoms with E-state index < -0.39 is 45.8 Å². The second-order valence-corrected chi connectivity index (χ2v) is 13.7. The summed E-state index contributed by atoms with van der Waals surface area (Å²) in [4.78, 5) is 26.3. The van der Waals surface area contributed by atoms with Crippen LogP contribution in [0.1, 0.15) is 66.4 Å². The fourth-order valence-corrected chi connectivity index (χ4v) is 5.93. The van der Waals surface area contributed by atoms with Crippen molar-refractivity contribution in [1.82, 2.24) is 14.9 Å². The number of alkyl carbamates (subject to hydrolysis) is 1. The van der Waals surface area contributed by atoms with Crippen LogP contribution < -0.4 is 15.4 Å². The molecule has 0 saturated heterocycles. The van der Waals surface area contributed by atoms with Gasteiger partial charge in [0.25, 0.3) is 0 Å². The Hall–Kier alpha value is -3.15. The molecule has 2 amide bonds. The molecule has 0 aliphatic rings. The normalized spacial score (nSPS) is 14.8. The molecular formula is C32H49N3O7S. The van der Waals surface area contributed by atoms with Crippen molar-refractivity contribution < 1.29 is 32.6 Å². The molecule has 0 aliphatic heterocycles. The zero-order valence-electron chi connectivity index (χ0n) is 26.5. The Kier molecular flexibility index (Phi) is 13.9. The van der Waals surface area contributed by atoms with E-state index in [4.69, 9.17) is 9.47 Å². The Labute approximate surface area is 257 Å². The van der Waals surface area contributed by atoms with E-state index >= 15 is 0 Å². The lowest BCUT2D eigenvalue weighted by Crippen LogP contribution is -2.57. The van der Waals surface area contributed by atoms with Crippen LogP contribution in [0.4, 0.5) is 4.79 Å². The van der Waals surface area contributed by atoms with Gasteiger partial charge in [-0.15, -0.1) is 0 Å². The molecule has 0 aromatic heterocycles. The van der Waals surface area contributed by atoms with E-state index in [1.165, 1.54) is 23.5 Å². The molecule has 2 rings (SSSR count). The first kappa shape index (κ1) is 36.0. The zero-order chi connectivity index (χ0) is 32.2. The van der Waals surface area contributed by atoms with Crippen LogP contribution >= 0.6 is 0 Å². The van der Waals surface area contributed by atoms with Crippen LogP contribution in [0.5, 0.6) is 5.75 Å². The predicted octanol–water partition coefficient (Wildman–Crippen LogP) is 4.51. The van der Waals surface area contributed by atoms with Crippen molar-refractivity contribution in [3.05, 3.63) is 60.2 Å². The van der Waals surface area contributed by atoms with Gasteiger partial charge in [-0.1, -0.05) is 63.9 Å². The minimum atomic E-state index is -3.96. The lowest BCUT2D eigenvalue weighted by molar-refractivity contribution is -0.126. The molecule has 1 unspecified atom stereocenters. The number of nitrogens with one attached hydrogen (secondary N) is 2. The highest BCUT2D eigenvalue weighted by molar-refractivity contribution is 7.89. The highest BCUT2D eigenvalue weighted by Gasteiger charge is 2.34. The van der Waals surface area contributed by atoms with Gasteiger partial charge in [0.1, 0.15) is 17.4 Å². The summed E-state index contributed by atoms with van der Waals surface area (Å²) < 4.78 is 39.2. The predicted molar refractivity (Wildman–Crippen MR) is 167 cm³/mol. The third-order valence-electron chi connectivity index (χ3n) is 7.11. The molecule has 0 heterocycles. The van der Waals surface area contributed by atoms with Gasteiger partial charge in [0, 0.05) is 13.1 Å². The van der Waals surface area contributed by atoms with E-state index in [-0.39, 0.29) is 30.3 Å². The number of methoxy groups -OCH3 is 1. The number of unbranched alkanes of at least 4 members (excludes halogenated alkanes) is 1. The molecule has 2 aromatic rings. The number of hydrogen-bond donors (Lipinski definition) is 3. The number of sulfonamides is 1. The Morgan fingerprint density at radius 3 is 2.16 bits per heavy atom. The number of hydrogen-bond acceptors (Lipinski definition) is 7. The van der Waals surface area contributed by atoms with Gasteiger partial charge in [0.05, 0.1) is 24.2 Å². The highest BCUT2D eigenvalue weighted by atomic mass is 32.2. The number of carbonyl (C=O) groups is 2. The Morgan fingerprint density at radius 1 is 1.00 bits per heavy atom. The molecule has 0 aliphatic carbocycles. The van der Waals surface area contributed by atoms with Crippen LogP contribution in [-0.2, 0) is 26.0 Å². The second kappa shape index (κ2) is 16.6. The van der Waals surface area contributed by atoms with E-state index in [0.29, 0.717) is 18.6 Å². The first-order chi connectivity index (χ1) is 20.2. The van der Waals surface area contributed by atoms with E-state index in [1.54, 1.807) is 32.9 Å². The smallest absolute Gasteiger partial charge is 0.408 e. The number of nitrogens with zero attached hydrogens (tertiary/aromatic N) is 1. The zero-order valence-corrected chi connectivity index (χ0v) is 27.3. The lowest BCUT2D eigenvalue weighted by atomic mass is 9.96. The molecule has 0 bridgehead atoms. The van der Waals surface area contributed by atoms with Crippen molar-refractivity contribution in [3.8, 4) is 5.75 Å². The van der Waals surface area contributed by atoms with Crippen molar-refractivity contribution in [2.75, 3.05) is 20.2 Å². The summed E-state index contributed by atoms with van der Waals surface area (Å²) in [5.41, 5.74) is 0.106. The van der Waals surface area contributed by atoms with Gasteiger partial charge in [-0.25, -0.2) is 13.2 Å². The molecule has 11 heteroatoms. The van der Waals surface area contributed by atoms with Crippen LogP contribution in [0.25, 0.3) is 0 Å². The van der Waals surface area contributed by atoms with Crippen LogP contribution in [-0.4, -0.2) is 73.8 Å². The summed E-state index contributed by atoms with van der Waals surface area (Å²) in [6.45, 7) is 10.9. The number of aliphatic hydroxyl groups is 1. The molecule has 3 N–H and O–H groups in total. The maximum atomic E-state index is 13.7. The highest BCUT2D eigenvalue weighted by Crippen LogP contribution is 2.21. The fraction of sp³-hybridized carbons (Fsp3) is 0.562. The largest absolute Gasteiger partial charge is 0.497 e. The minimum absolute atomic E-state index is 0.0821. The number of ether oxygens (including phenoxy) is 2. The number of amides is 2. The average molecular weight is 620 g/mol. The molecular weight excluding hydrogens is 570 g/mol. The van der Waals surface area contributed by atoms with Gasteiger partial charge < -0.3 is 25.2 Å². The summed E-state index contributed by atoms with van der Waals surface area (Å²) in [5, 5.41) is 17.1. The number of carbonyl (C=O) groups excluding carboxylic acids is 2. The monoisotopic (exact) mass is 619 g/mol. The van der Waals surface area contributed by atoms with Gasteiger partial charge in [0.2, 0.25) is 15.9 Å². The third kappa shape index (κ3) is 11.5. The van der Waals surface area contributed by atoms with E-state index in [2.05, 4.69) is 10.6 Å². The van der Waals surface area contributed by atoms with Crippen molar-refractivity contribution in [2.45, 2.75) is 95.9 Å². The van der Waals surface area contributed by atoms with Crippen LogP contribution in [0.2, 0.25) is 0 Å². The summed E-state index contributed by atoms with van der Waals surface area (Å²) >= 11 is 0. The van der Waals surface area contributed by atoms with E-state index in [0.717, 1.165) is 12.0 Å². The second-order valence-electron chi connectivity index (χ2n) is 11.8. The SMILES string of the molecule is CCCCN(C[C@@H](O)C(Cc1ccccc1)NC(=O)[C@@H](NC(=O)OC(C)(C)C)[C@@H](C)CC)S(=O)(=O)c1ccc(OC)cc1. The van der Waals surface area contributed by atoms with E-state index in [9.17, 15) is 23.1 Å².